The molecule has 1 fully saturated rings. The van der Waals surface area contributed by atoms with E-state index >= 15 is 0 Å². The van der Waals surface area contributed by atoms with Crippen LogP contribution in [0, 0.1) is 5.41 Å². The number of amidine groups is 1. The van der Waals surface area contributed by atoms with Gasteiger partial charge in [-0.05, 0) is 63.4 Å². The first kappa shape index (κ1) is 30.4. The zero-order valence-corrected chi connectivity index (χ0v) is 23.8. The van der Waals surface area contributed by atoms with E-state index in [-0.39, 0.29) is 30.9 Å². The van der Waals surface area contributed by atoms with Crippen molar-refractivity contribution < 1.29 is 23.9 Å². The first-order valence-electron chi connectivity index (χ1n) is 12.6. The molecule has 2 aromatic carbocycles. The van der Waals surface area contributed by atoms with Crippen LogP contribution in [-0.4, -0.2) is 66.0 Å². The maximum atomic E-state index is 13.6. The highest BCUT2D eigenvalue weighted by atomic mass is 35.5. The summed E-state index contributed by atoms with van der Waals surface area (Å²) in [6.45, 7) is 6.07. The number of nitrogen functional groups attached to an aromatic ring is 1. The molecule has 0 aromatic heterocycles. The Balaban J connectivity index is 1.67. The maximum absolute atomic E-state index is 13.6. The summed E-state index contributed by atoms with van der Waals surface area (Å²) in [6, 6.07) is 10.5. The van der Waals surface area contributed by atoms with E-state index in [2.05, 4.69) is 5.32 Å². The monoisotopic (exact) mass is 576 g/mol. The molecule has 1 saturated heterocycles. The molecule has 4 N–H and O–H groups in total. The number of hydrogen-bond donors (Lipinski definition) is 3. The predicted octanol–water partition coefficient (Wildman–Crippen LogP) is 3.97. The van der Waals surface area contributed by atoms with Crippen molar-refractivity contribution in [1.82, 2.24) is 10.2 Å². The van der Waals surface area contributed by atoms with Crippen molar-refractivity contribution in [2.45, 2.75) is 57.8 Å². The Kier molecular flexibility index (Phi) is 10.4. The van der Waals surface area contributed by atoms with Crippen molar-refractivity contribution >= 4 is 46.8 Å². The van der Waals surface area contributed by atoms with Gasteiger partial charge in [-0.15, -0.1) is 0 Å². The molecule has 0 spiro atoms. The number of nitrogens with one attached hydrogen (secondary N) is 2. The summed E-state index contributed by atoms with van der Waals surface area (Å²) in [4.78, 5) is 40.3. The Bertz CT molecular complexity index is 1210. The third-order valence-corrected chi connectivity index (χ3v) is 6.83. The van der Waals surface area contributed by atoms with E-state index in [9.17, 15) is 14.4 Å². The molecule has 1 heterocycles. The number of hydrogen-bond acceptors (Lipinski definition) is 6. The Morgan fingerprint density at radius 3 is 2.23 bits per heavy atom. The minimum absolute atomic E-state index is 0.104. The lowest BCUT2D eigenvalue weighted by Crippen LogP contribution is -2.52. The van der Waals surface area contributed by atoms with Crippen LogP contribution in [0.5, 0.6) is 0 Å². The topological polar surface area (TPSA) is 135 Å². The standard InChI is InChI=1S/C28H34Cl2N4O5/c1-28(2,3)39-24(35)16-38-20-10-12-34(13-11-20)27(37)23(15-17-4-9-21(29)22(30)14-17)33-26(36)19-7-5-18(6-8-19)25(31)32/h4-9,14,20,23H,10-13,15-16H2,1-3H3,(H3,31,32)(H,33,36)/t23-/m1/s1. The molecule has 0 saturated carbocycles. The third kappa shape index (κ3) is 9.23. The molecular formula is C28H34Cl2N4O5. The van der Waals surface area contributed by atoms with Gasteiger partial charge in [0.2, 0.25) is 5.91 Å². The summed E-state index contributed by atoms with van der Waals surface area (Å²) in [5.41, 5.74) is 6.48. The number of amides is 2. The number of nitrogens with two attached hydrogens (primary N) is 1. The second-order valence-corrected chi connectivity index (χ2v) is 11.2. The van der Waals surface area contributed by atoms with E-state index in [0.717, 1.165) is 5.56 Å². The normalized spacial score (nSPS) is 14.9. The number of halogens is 2. The summed E-state index contributed by atoms with van der Waals surface area (Å²) < 4.78 is 11.0. The van der Waals surface area contributed by atoms with Gasteiger partial charge in [0.1, 0.15) is 24.1 Å². The Labute approximate surface area is 238 Å². The van der Waals surface area contributed by atoms with Gasteiger partial charge in [-0.1, -0.05) is 41.4 Å². The van der Waals surface area contributed by atoms with Gasteiger partial charge in [0, 0.05) is 30.6 Å². The van der Waals surface area contributed by atoms with E-state index in [4.69, 9.17) is 43.8 Å². The van der Waals surface area contributed by atoms with Gasteiger partial charge in [-0.25, -0.2) is 4.79 Å². The lowest BCUT2D eigenvalue weighted by molar-refractivity contribution is -0.163. The van der Waals surface area contributed by atoms with Crippen LogP contribution in [0.1, 0.15) is 55.1 Å². The van der Waals surface area contributed by atoms with Crippen LogP contribution in [-0.2, 0) is 25.5 Å². The highest BCUT2D eigenvalue weighted by Gasteiger charge is 2.31. The van der Waals surface area contributed by atoms with Crippen LogP contribution in [0.15, 0.2) is 42.5 Å². The van der Waals surface area contributed by atoms with Crippen molar-refractivity contribution in [2.24, 2.45) is 5.73 Å². The Hall–Kier alpha value is -3.14. The van der Waals surface area contributed by atoms with Gasteiger partial charge < -0.3 is 25.4 Å². The number of carbonyl (C=O) groups excluding carboxylic acids is 3. The minimum atomic E-state index is -0.860. The number of carbonyl (C=O) groups is 3. The number of likely N-dealkylation sites (tertiary alicyclic amines) is 1. The van der Waals surface area contributed by atoms with Crippen molar-refractivity contribution in [3.8, 4) is 0 Å². The first-order chi connectivity index (χ1) is 18.3. The average Bonchev–Trinajstić information content (AvgIpc) is 2.88. The largest absolute Gasteiger partial charge is 0.458 e. The van der Waals surface area contributed by atoms with Crippen LogP contribution in [0.25, 0.3) is 0 Å². The molecular weight excluding hydrogens is 543 g/mol. The van der Waals surface area contributed by atoms with Gasteiger partial charge in [-0.2, -0.15) is 0 Å². The quantitative estimate of drug-likeness (QED) is 0.235. The van der Waals surface area contributed by atoms with E-state index in [0.29, 0.717) is 47.1 Å². The highest BCUT2D eigenvalue weighted by molar-refractivity contribution is 6.42. The number of rotatable bonds is 9. The van der Waals surface area contributed by atoms with Gasteiger partial charge in [-0.3, -0.25) is 15.0 Å². The number of benzene rings is 2. The van der Waals surface area contributed by atoms with Gasteiger partial charge in [0.25, 0.3) is 5.91 Å². The van der Waals surface area contributed by atoms with Gasteiger partial charge in [0.05, 0.1) is 16.1 Å². The zero-order valence-electron chi connectivity index (χ0n) is 22.3. The van der Waals surface area contributed by atoms with Crippen LogP contribution in [0.4, 0.5) is 0 Å². The molecule has 1 atom stereocenters. The van der Waals surface area contributed by atoms with Crippen molar-refractivity contribution in [2.75, 3.05) is 19.7 Å². The summed E-state index contributed by atoms with van der Waals surface area (Å²) in [6.07, 6.45) is 1.13. The second-order valence-electron chi connectivity index (χ2n) is 10.4. The molecule has 2 aromatic rings. The predicted molar refractivity (Wildman–Crippen MR) is 150 cm³/mol. The molecule has 1 aliphatic rings. The fourth-order valence-corrected chi connectivity index (χ4v) is 4.49. The summed E-state index contributed by atoms with van der Waals surface area (Å²) >= 11 is 12.2. The number of piperidine rings is 1. The van der Waals surface area contributed by atoms with Crippen molar-refractivity contribution in [3.05, 3.63) is 69.2 Å². The van der Waals surface area contributed by atoms with Crippen LogP contribution < -0.4 is 11.1 Å². The number of ether oxygens (including phenoxy) is 2. The average molecular weight is 578 g/mol. The molecule has 1 aliphatic heterocycles. The minimum Gasteiger partial charge on any atom is -0.458 e. The fourth-order valence-electron chi connectivity index (χ4n) is 4.17. The second kappa shape index (κ2) is 13.3. The summed E-state index contributed by atoms with van der Waals surface area (Å²) in [5, 5.41) is 11.1. The van der Waals surface area contributed by atoms with Crippen molar-refractivity contribution in [3.63, 3.8) is 0 Å². The zero-order chi connectivity index (χ0) is 28.7. The Morgan fingerprint density at radius 2 is 1.67 bits per heavy atom. The molecule has 0 aliphatic carbocycles. The number of nitrogens with zero attached hydrogens (tertiary/aromatic N) is 1. The maximum Gasteiger partial charge on any atom is 0.332 e. The van der Waals surface area contributed by atoms with Gasteiger partial charge in [0.15, 0.2) is 0 Å². The van der Waals surface area contributed by atoms with Crippen molar-refractivity contribution in [1.29, 1.82) is 5.41 Å². The fraction of sp³-hybridized carbons (Fsp3) is 0.429. The van der Waals surface area contributed by atoms with Crippen LogP contribution in [0.3, 0.4) is 0 Å². The highest BCUT2D eigenvalue weighted by Crippen LogP contribution is 2.24. The summed E-state index contributed by atoms with van der Waals surface area (Å²) in [7, 11) is 0. The lowest BCUT2D eigenvalue weighted by Gasteiger charge is -2.34. The molecule has 39 heavy (non-hydrogen) atoms. The third-order valence-electron chi connectivity index (χ3n) is 6.10. The van der Waals surface area contributed by atoms with Gasteiger partial charge >= 0.3 is 5.97 Å². The molecule has 0 bridgehead atoms. The van der Waals surface area contributed by atoms with Crippen LogP contribution in [0.2, 0.25) is 10.0 Å². The molecule has 0 unspecified atom stereocenters. The lowest BCUT2D eigenvalue weighted by atomic mass is 10.0. The molecule has 9 nitrogen and oxygen atoms in total. The Morgan fingerprint density at radius 1 is 1.05 bits per heavy atom. The van der Waals surface area contributed by atoms with E-state index in [1.54, 1.807) is 68.1 Å². The molecule has 11 heteroatoms. The van der Waals surface area contributed by atoms with E-state index < -0.39 is 23.5 Å². The SMILES string of the molecule is CC(C)(C)OC(=O)COC1CCN(C(=O)[C@@H](Cc2ccc(Cl)c(Cl)c2)NC(=O)c2ccc(C(=N)N)cc2)CC1. The molecule has 210 valence electrons. The van der Waals surface area contributed by atoms with E-state index in [1.165, 1.54) is 0 Å². The molecule has 0 radical (unpaired) electrons. The van der Waals surface area contributed by atoms with E-state index in [1.807, 2.05) is 0 Å². The smallest absolute Gasteiger partial charge is 0.332 e. The summed E-state index contributed by atoms with van der Waals surface area (Å²) in [5.74, 6) is -1.20. The molecule has 2 amide bonds. The van der Waals surface area contributed by atoms with Crippen LogP contribution >= 0.6 is 23.2 Å². The molecule has 3 rings (SSSR count). The first-order valence-corrected chi connectivity index (χ1v) is 13.4. The number of esters is 1.